The summed E-state index contributed by atoms with van der Waals surface area (Å²) >= 11 is 6.01. The molecule has 90 valence electrons. The highest BCUT2D eigenvalue weighted by molar-refractivity contribution is 6.20. The predicted molar refractivity (Wildman–Crippen MR) is 66.8 cm³/mol. The molecule has 0 aliphatic rings. The molecule has 1 aromatic heterocycles. The van der Waals surface area contributed by atoms with Crippen molar-refractivity contribution in [3.8, 4) is 0 Å². The number of hydrogen-bond donors (Lipinski definition) is 1. The molecule has 1 atom stereocenters. The summed E-state index contributed by atoms with van der Waals surface area (Å²) in [7, 11) is 1.67. The van der Waals surface area contributed by atoms with E-state index in [2.05, 4.69) is 10.3 Å². The van der Waals surface area contributed by atoms with E-state index in [9.17, 15) is 0 Å². The highest BCUT2D eigenvalue weighted by Crippen LogP contribution is 2.01. The fraction of sp³-hybridized carbons (Fsp3) is 0.583. The lowest BCUT2D eigenvalue weighted by molar-refractivity contribution is 0.195. The van der Waals surface area contributed by atoms with Crippen molar-refractivity contribution >= 4 is 11.6 Å². The summed E-state index contributed by atoms with van der Waals surface area (Å²) in [6, 6.07) is 6.04. The Morgan fingerprint density at radius 2 is 2.31 bits per heavy atom. The largest absolute Gasteiger partial charge is 0.383 e. The summed E-state index contributed by atoms with van der Waals surface area (Å²) < 4.78 is 4.96. The summed E-state index contributed by atoms with van der Waals surface area (Å²) in [6.45, 7) is 4.27. The number of rotatable bonds is 7. The van der Waals surface area contributed by atoms with Gasteiger partial charge < -0.3 is 10.1 Å². The van der Waals surface area contributed by atoms with Crippen LogP contribution in [0, 0.1) is 6.92 Å². The third-order valence-corrected chi connectivity index (χ3v) is 2.58. The molecular weight excluding hydrogens is 224 g/mol. The molecule has 1 unspecified atom stereocenters. The number of methoxy groups -OCH3 is 1. The second-order valence-electron chi connectivity index (χ2n) is 3.79. The maximum atomic E-state index is 6.01. The van der Waals surface area contributed by atoms with Crippen molar-refractivity contribution in [2.75, 3.05) is 20.3 Å². The minimum Gasteiger partial charge on any atom is -0.383 e. The van der Waals surface area contributed by atoms with Crippen molar-refractivity contribution in [1.29, 1.82) is 0 Å². The van der Waals surface area contributed by atoms with Crippen LogP contribution in [0.2, 0.25) is 0 Å². The van der Waals surface area contributed by atoms with Gasteiger partial charge in [0.05, 0.1) is 17.7 Å². The van der Waals surface area contributed by atoms with Gasteiger partial charge in [0.2, 0.25) is 0 Å². The lowest BCUT2D eigenvalue weighted by Gasteiger charge is -2.09. The summed E-state index contributed by atoms with van der Waals surface area (Å²) in [5.41, 5.74) is 2.12. The van der Waals surface area contributed by atoms with Crippen molar-refractivity contribution in [1.82, 2.24) is 10.3 Å². The summed E-state index contributed by atoms with van der Waals surface area (Å²) in [4.78, 5) is 4.41. The van der Waals surface area contributed by atoms with E-state index in [-0.39, 0.29) is 5.38 Å². The van der Waals surface area contributed by atoms with E-state index in [0.717, 1.165) is 30.9 Å². The fourth-order valence-corrected chi connectivity index (χ4v) is 1.67. The molecule has 1 heterocycles. The Balaban J connectivity index is 2.16. The van der Waals surface area contributed by atoms with Gasteiger partial charge in [-0.1, -0.05) is 6.07 Å². The molecule has 0 saturated heterocycles. The van der Waals surface area contributed by atoms with Crippen molar-refractivity contribution in [3.63, 3.8) is 0 Å². The van der Waals surface area contributed by atoms with Gasteiger partial charge in [0, 0.05) is 19.3 Å². The first-order valence-corrected chi connectivity index (χ1v) is 5.92. The Kier molecular flexibility index (Phi) is 6.38. The van der Waals surface area contributed by atoms with Crippen LogP contribution in [0.3, 0.4) is 0 Å². The third kappa shape index (κ3) is 5.45. The fourth-order valence-electron chi connectivity index (χ4n) is 1.44. The number of hydrogen-bond acceptors (Lipinski definition) is 3. The van der Waals surface area contributed by atoms with Crippen molar-refractivity contribution in [2.24, 2.45) is 0 Å². The first-order valence-electron chi connectivity index (χ1n) is 5.48. The van der Waals surface area contributed by atoms with Crippen LogP contribution in [0.15, 0.2) is 18.2 Å². The molecule has 1 N–H and O–H groups in total. The topological polar surface area (TPSA) is 34.1 Å². The zero-order valence-corrected chi connectivity index (χ0v) is 10.6. The Morgan fingerprint density at radius 1 is 1.50 bits per heavy atom. The molecule has 3 nitrogen and oxygen atoms in total. The Morgan fingerprint density at radius 3 is 3.00 bits per heavy atom. The van der Waals surface area contributed by atoms with E-state index in [1.165, 1.54) is 0 Å². The summed E-state index contributed by atoms with van der Waals surface area (Å²) in [6.07, 6.45) is 0.904. The van der Waals surface area contributed by atoms with Crippen LogP contribution in [-0.4, -0.2) is 30.6 Å². The highest BCUT2D eigenvalue weighted by atomic mass is 35.5. The molecule has 1 aromatic rings. The number of alkyl halides is 1. The van der Waals surface area contributed by atoms with Gasteiger partial charge >= 0.3 is 0 Å². The van der Waals surface area contributed by atoms with Crippen molar-refractivity contribution in [3.05, 3.63) is 29.6 Å². The van der Waals surface area contributed by atoms with Crippen LogP contribution in [-0.2, 0) is 11.3 Å². The van der Waals surface area contributed by atoms with Gasteiger partial charge in [-0.3, -0.25) is 4.98 Å². The van der Waals surface area contributed by atoms with Gasteiger partial charge in [-0.25, -0.2) is 0 Å². The number of ether oxygens (including phenoxy) is 1. The van der Waals surface area contributed by atoms with E-state index in [0.29, 0.717) is 6.61 Å². The molecule has 0 amide bonds. The number of nitrogens with zero attached hydrogens (tertiary/aromatic N) is 1. The second kappa shape index (κ2) is 7.60. The number of pyridine rings is 1. The van der Waals surface area contributed by atoms with Gasteiger partial charge in [0.15, 0.2) is 0 Å². The summed E-state index contributed by atoms with van der Waals surface area (Å²) in [5, 5.41) is 3.40. The van der Waals surface area contributed by atoms with E-state index < -0.39 is 0 Å². The van der Waals surface area contributed by atoms with E-state index in [1.54, 1.807) is 7.11 Å². The molecule has 16 heavy (non-hydrogen) atoms. The van der Waals surface area contributed by atoms with Gasteiger partial charge in [-0.05, 0) is 32.0 Å². The molecule has 4 heteroatoms. The van der Waals surface area contributed by atoms with Gasteiger partial charge in [-0.2, -0.15) is 0 Å². The molecule has 0 fully saturated rings. The smallest absolute Gasteiger partial charge is 0.0626 e. The normalized spacial score (nSPS) is 12.7. The van der Waals surface area contributed by atoms with Gasteiger partial charge in [0.25, 0.3) is 0 Å². The Bertz CT molecular complexity index is 307. The number of aryl methyl sites for hydroxylation is 1. The standard InChI is InChI=1S/C12H19ClN2O/c1-10-4-3-5-12(15-10)8-14-7-6-11(13)9-16-2/h3-5,11,14H,6-9H2,1-2H3. The van der Waals surface area contributed by atoms with Crippen LogP contribution in [0.25, 0.3) is 0 Å². The molecule has 1 rings (SSSR count). The lowest BCUT2D eigenvalue weighted by atomic mass is 10.3. The third-order valence-electron chi connectivity index (χ3n) is 2.23. The number of nitrogens with one attached hydrogen (secondary N) is 1. The van der Waals surface area contributed by atoms with Crippen LogP contribution in [0.1, 0.15) is 17.8 Å². The first kappa shape index (κ1) is 13.4. The van der Waals surface area contributed by atoms with Crippen LogP contribution in [0.4, 0.5) is 0 Å². The number of aromatic nitrogens is 1. The molecular formula is C12H19ClN2O. The molecule has 0 spiro atoms. The molecule has 0 aromatic carbocycles. The Labute approximate surface area is 102 Å². The summed E-state index contributed by atoms with van der Waals surface area (Å²) in [5.74, 6) is 0. The molecule has 0 aliphatic carbocycles. The van der Waals surface area contributed by atoms with Crippen LogP contribution >= 0.6 is 11.6 Å². The zero-order valence-electron chi connectivity index (χ0n) is 9.87. The monoisotopic (exact) mass is 242 g/mol. The van der Waals surface area contributed by atoms with E-state index in [1.807, 2.05) is 25.1 Å². The average molecular weight is 243 g/mol. The second-order valence-corrected chi connectivity index (χ2v) is 4.41. The van der Waals surface area contributed by atoms with Gasteiger partial charge in [-0.15, -0.1) is 11.6 Å². The quantitative estimate of drug-likeness (QED) is 0.588. The molecule has 0 radical (unpaired) electrons. The minimum atomic E-state index is 0.0861. The highest BCUT2D eigenvalue weighted by Gasteiger charge is 2.02. The molecule has 0 saturated carbocycles. The lowest BCUT2D eigenvalue weighted by Crippen LogP contribution is -2.20. The number of halogens is 1. The maximum Gasteiger partial charge on any atom is 0.0626 e. The molecule has 0 bridgehead atoms. The van der Waals surface area contributed by atoms with E-state index >= 15 is 0 Å². The molecule has 0 aliphatic heterocycles. The SMILES string of the molecule is COCC(Cl)CCNCc1cccc(C)n1. The van der Waals surface area contributed by atoms with Crippen LogP contribution in [0.5, 0.6) is 0 Å². The van der Waals surface area contributed by atoms with E-state index in [4.69, 9.17) is 16.3 Å². The minimum absolute atomic E-state index is 0.0861. The van der Waals surface area contributed by atoms with Gasteiger partial charge in [0.1, 0.15) is 0 Å². The Hall–Kier alpha value is -0.640. The van der Waals surface area contributed by atoms with Crippen molar-refractivity contribution in [2.45, 2.75) is 25.3 Å². The van der Waals surface area contributed by atoms with Crippen molar-refractivity contribution < 1.29 is 4.74 Å². The van der Waals surface area contributed by atoms with Crippen LogP contribution < -0.4 is 5.32 Å². The zero-order chi connectivity index (χ0) is 11.8. The first-order chi connectivity index (χ1) is 7.72. The average Bonchev–Trinajstić information content (AvgIpc) is 2.25. The predicted octanol–water partition coefficient (Wildman–Crippen LogP) is 2.12. The maximum absolute atomic E-state index is 6.01.